The number of ether oxygens (including phenoxy) is 1. The lowest BCUT2D eigenvalue weighted by Gasteiger charge is -2.35. The number of halogens is 1. The van der Waals surface area contributed by atoms with E-state index in [1.54, 1.807) is 0 Å². The largest absolute Gasteiger partial charge is 0.468 e. The number of nitrogens with zero attached hydrogens (tertiary/aromatic N) is 1. The Morgan fingerprint density at radius 2 is 2.00 bits per heavy atom. The summed E-state index contributed by atoms with van der Waals surface area (Å²) in [5.41, 5.74) is 0.838. The molecule has 104 valence electrons. The number of likely N-dealkylation sites (tertiary alicyclic amines) is 1. The maximum atomic E-state index is 12.1. The summed E-state index contributed by atoms with van der Waals surface area (Å²) < 4.78 is 4.96. The van der Waals surface area contributed by atoms with Gasteiger partial charge in [-0.25, -0.2) is 4.79 Å². The lowest BCUT2D eigenvalue weighted by Crippen LogP contribution is -2.40. The van der Waals surface area contributed by atoms with E-state index in [4.69, 9.17) is 16.3 Å². The van der Waals surface area contributed by atoms with E-state index in [0.29, 0.717) is 5.02 Å². The van der Waals surface area contributed by atoms with Crippen LogP contribution in [-0.4, -0.2) is 31.1 Å². The van der Waals surface area contributed by atoms with Gasteiger partial charge < -0.3 is 4.74 Å². The fraction of sp³-hybridized carbons (Fsp3) is 0.533. The summed E-state index contributed by atoms with van der Waals surface area (Å²) in [4.78, 5) is 14.3. The van der Waals surface area contributed by atoms with Gasteiger partial charge in [0.2, 0.25) is 0 Å². The summed E-state index contributed by atoms with van der Waals surface area (Å²) in [6, 6.07) is 7.12. The Labute approximate surface area is 119 Å². The molecule has 19 heavy (non-hydrogen) atoms. The molecular weight excluding hydrogens is 262 g/mol. The van der Waals surface area contributed by atoms with Crippen molar-refractivity contribution in [3.05, 3.63) is 34.9 Å². The first-order chi connectivity index (χ1) is 9.13. The molecule has 1 saturated heterocycles. The molecule has 1 aliphatic heterocycles. The van der Waals surface area contributed by atoms with Gasteiger partial charge in [-0.15, -0.1) is 0 Å². The number of piperidine rings is 1. The van der Waals surface area contributed by atoms with Crippen LogP contribution in [0.15, 0.2) is 24.3 Å². The predicted molar refractivity (Wildman–Crippen MR) is 76.2 cm³/mol. The molecule has 0 saturated carbocycles. The standard InChI is InChI=1S/C15H20ClNO2/c1-11-7-9-17(10-8-11)14(15(18)19-2)12-5-3-4-6-13(12)16/h3-6,11,14H,7-10H2,1-2H3. The second kappa shape index (κ2) is 6.40. The van der Waals surface area contributed by atoms with Crippen LogP contribution < -0.4 is 0 Å². The quantitative estimate of drug-likeness (QED) is 0.796. The Kier molecular flexibility index (Phi) is 4.83. The van der Waals surface area contributed by atoms with Crippen molar-refractivity contribution < 1.29 is 9.53 Å². The van der Waals surface area contributed by atoms with E-state index in [1.807, 2.05) is 24.3 Å². The zero-order valence-electron chi connectivity index (χ0n) is 11.4. The topological polar surface area (TPSA) is 29.5 Å². The molecule has 1 aliphatic rings. The van der Waals surface area contributed by atoms with E-state index in [1.165, 1.54) is 7.11 Å². The van der Waals surface area contributed by atoms with E-state index < -0.39 is 0 Å². The van der Waals surface area contributed by atoms with Gasteiger partial charge in [-0.3, -0.25) is 4.90 Å². The first-order valence-corrected chi connectivity index (χ1v) is 7.07. The highest BCUT2D eigenvalue weighted by atomic mass is 35.5. The highest BCUT2D eigenvalue weighted by molar-refractivity contribution is 6.31. The molecule has 0 amide bonds. The highest BCUT2D eigenvalue weighted by Crippen LogP contribution is 2.31. The Morgan fingerprint density at radius 3 is 2.58 bits per heavy atom. The SMILES string of the molecule is COC(=O)C(c1ccccc1Cl)N1CCC(C)CC1. The summed E-state index contributed by atoms with van der Waals surface area (Å²) in [6.07, 6.45) is 2.22. The monoisotopic (exact) mass is 281 g/mol. The third-order valence-corrected chi connectivity index (χ3v) is 4.15. The Morgan fingerprint density at radius 1 is 1.37 bits per heavy atom. The molecule has 0 aliphatic carbocycles. The minimum absolute atomic E-state index is 0.234. The van der Waals surface area contributed by atoms with Crippen molar-refractivity contribution in [3.63, 3.8) is 0 Å². The normalized spacial score (nSPS) is 19.1. The molecule has 1 atom stereocenters. The molecule has 4 heteroatoms. The average Bonchev–Trinajstić information content (AvgIpc) is 2.43. The van der Waals surface area contributed by atoms with Gasteiger partial charge in [-0.05, 0) is 43.5 Å². The molecule has 0 radical (unpaired) electrons. The summed E-state index contributed by atoms with van der Waals surface area (Å²) in [6.45, 7) is 4.07. The van der Waals surface area contributed by atoms with Gasteiger partial charge in [0.15, 0.2) is 0 Å². The summed E-state index contributed by atoms with van der Waals surface area (Å²) in [5, 5.41) is 0.622. The molecule has 1 aromatic rings. The van der Waals surface area contributed by atoms with Crippen molar-refractivity contribution in [3.8, 4) is 0 Å². The Hall–Kier alpha value is -1.06. The average molecular weight is 282 g/mol. The molecule has 0 bridgehead atoms. The second-order valence-electron chi connectivity index (χ2n) is 5.17. The molecule has 2 rings (SSSR count). The van der Waals surface area contributed by atoms with Crippen LogP contribution in [-0.2, 0) is 9.53 Å². The molecular formula is C15H20ClNO2. The predicted octanol–water partition coefficient (Wildman–Crippen LogP) is 3.29. The molecule has 0 spiro atoms. The molecule has 1 unspecified atom stereocenters. The summed E-state index contributed by atoms with van der Waals surface area (Å²) >= 11 is 6.23. The fourth-order valence-corrected chi connectivity index (χ4v) is 2.81. The first-order valence-electron chi connectivity index (χ1n) is 6.69. The van der Waals surface area contributed by atoms with Crippen molar-refractivity contribution >= 4 is 17.6 Å². The number of hydrogen-bond acceptors (Lipinski definition) is 3. The third-order valence-electron chi connectivity index (χ3n) is 3.81. The van der Waals surface area contributed by atoms with E-state index in [2.05, 4.69) is 11.8 Å². The minimum atomic E-state index is -0.383. The van der Waals surface area contributed by atoms with Crippen LogP contribution in [0.1, 0.15) is 31.4 Å². The number of esters is 1. The van der Waals surface area contributed by atoms with Gasteiger partial charge >= 0.3 is 5.97 Å². The van der Waals surface area contributed by atoms with Crippen LogP contribution in [0.4, 0.5) is 0 Å². The van der Waals surface area contributed by atoms with Crippen molar-refractivity contribution in [2.75, 3.05) is 20.2 Å². The number of carbonyl (C=O) groups excluding carboxylic acids is 1. The number of methoxy groups -OCH3 is 1. The number of hydrogen-bond donors (Lipinski definition) is 0. The van der Waals surface area contributed by atoms with Crippen molar-refractivity contribution in [1.29, 1.82) is 0 Å². The van der Waals surface area contributed by atoms with E-state index >= 15 is 0 Å². The lowest BCUT2D eigenvalue weighted by molar-refractivity contribution is -0.148. The van der Waals surface area contributed by atoms with Crippen LogP contribution >= 0.6 is 11.6 Å². The van der Waals surface area contributed by atoms with Crippen molar-refractivity contribution in [2.45, 2.75) is 25.8 Å². The van der Waals surface area contributed by atoms with E-state index in [9.17, 15) is 4.79 Å². The Balaban J connectivity index is 2.26. The zero-order chi connectivity index (χ0) is 13.8. The maximum Gasteiger partial charge on any atom is 0.327 e. The van der Waals surface area contributed by atoms with Gasteiger partial charge in [-0.2, -0.15) is 0 Å². The smallest absolute Gasteiger partial charge is 0.327 e. The summed E-state index contributed by atoms with van der Waals surface area (Å²) in [5.74, 6) is 0.489. The molecule has 0 aromatic heterocycles. The van der Waals surface area contributed by atoms with Gasteiger partial charge in [0.25, 0.3) is 0 Å². The van der Waals surface area contributed by atoms with Gasteiger partial charge in [0.05, 0.1) is 7.11 Å². The molecule has 1 aromatic carbocycles. The zero-order valence-corrected chi connectivity index (χ0v) is 12.2. The maximum absolute atomic E-state index is 12.1. The van der Waals surface area contributed by atoms with Crippen molar-refractivity contribution in [1.82, 2.24) is 4.90 Å². The molecule has 0 N–H and O–H groups in total. The fourth-order valence-electron chi connectivity index (χ4n) is 2.57. The third kappa shape index (κ3) is 3.28. The number of carbonyl (C=O) groups is 1. The van der Waals surface area contributed by atoms with Gasteiger partial charge in [-0.1, -0.05) is 36.7 Å². The van der Waals surface area contributed by atoms with Crippen LogP contribution in [0.2, 0.25) is 5.02 Å². The van der Waals surface area contributed by atoms with Crippen LogP contribution in [0, 0.1) is 5.92 Å². The first kappa shape index (κ1) is 14.4. The Bertz CT molecular complexity index is 442. The second-order valence-corrected chi connectivity index (χ2v) is 5.57. The van der Waals surface area contributed by atoms with Crippen LogP contribution in [0.25, 0.3) is 0 Å². The van der Waals surface area contributed by atoms with Crippen LogP contribution in [0.5, 0.6) is 0 Å². The molecule has 1 fully saturated rings. The molecule has 1 heterocycles. The van der Waals surface area contributed by atoms with E-state index in [-0.39, 0.29) is 12.0 Å². The highest BCUT2D eigenvalue weighted by Gasteiger charge is 2.32. The number of rotatable bonds is 3. The van der Waals surface area contributed by atoms with E-state index in [0.717, 1.165) is 37.4 Å². The van der Waals surface area contributed by atoms with Crippen molar-refractivity contribution in [2.24, 2.45) is 5.92 Å². The number of benzene rings is 1. The van der Waals surface area contributed by atoms with Gasteiger partial charge in [0, 0.05) is 5.02 Å². The minimum Gasteiger partial charge on any atom is -0.468 e. The summed E-state index contributed by atoms with van der Waals surface area (Å²) in [7, 11) is 1.43. The van der Waals surface area contributed by atoms with Crippen LogP contribution in [0.3, 0.4) is 0 Å². The van der Waals surface area contributed by atoms with Gasteiger partial charge in [0.1, 0.15) is 6.04 Å². The lowest BCUT2D eigenvalue weighted by atomic mass is 9.96. The molecule has 3 nitrogen and oxygen atoms in total.